The second-order valence-electron chi connectivity index (χ2n) is 7.08. The largest absolute Gasteiger partial charge is 0.394 e. The topological polar surface area (TPSA) is 59.6 Å². The van der Waals surface area contributed by atoms with Gasteiger partial charge in [0.15, 0.2) is 0 Å². The number of rotatable bonds is 5. The molecule has 3 rings (SSSR count). The lowest BCUT2D eigenvalue weighted by molar-refractivity contribution is -0.134. The fraction of sp³-hybridized carbons (Fsp3) is 0.476. The Balaban J connectivity index is 2.09. The number of para-hydroxylation sites is 1. The summed E-state index contributed by atoms with van der Waals surface area (Å²) in [6.45, 7) is 8.20. The van der Waals surface area contributed by atoms with E-state index in [1.54, 1.807) is 0 Å². The van der Waals surface area contributed by atoms with Gasteiger partial charge >= 0.3 is 0 Å². The van der Waals surface area contributed by atoms with Crippen molar-refractivity contribution in [2.75, 3.05) is 33.3 Å². The molecule has 1 aliphatic rings. The van der Waals surface area contributed by atoms with Crippen LogP contribution in [0.3, 0.4) is 0 Å². The van der Waals surface area contributed by atoms with E-state index in [0.717, 1.165) is 16.7 Å². The lowest BCUT2D eigenvalue weighted by atomic mass is 9.87. The van der Waals surface area contributed by atoms with Crippen LogP contribution in [0.25, 0.3) is 16.5 Å². The molecule has 2 heterocycles. The Morgan fingerprint density at radius 2 is 2.08 bits per heavy atom. The Morgan fingerprint density at radius 3 is 2.73 bits per heavy atom. The molecular formula is C21H29N3O2. The number of hydrogen-bond acceptors (Lipinski definition) is 3. The van der Waals surface area contributed by atoms with Crippen molar-refractivity contribution in [3.63, 3.8) is 0 Å². The molecule has 2 unspecified atom stereocenters. The summed E-state index contributed by atoms with van der Waals surface area (Å²) in [5.74, 6) is -0.0328. The highest BCUT2D eigenvalue weighted by Crippen LogP contribution is 2.34. The normalized spacial score (nSPS) is 21.0. The molecule has 0 saturated heterocycles. The van der Waals surface area contributed by atoms with Gasteiger partial charge in [-0.3, -0.25) is 9.69 Å². The van der Waals surface area contributed by atoms with Gasteiger partial charge in [0.1, 0.15) is 0 Å². The van der Waals surface area contributed by atoms with Crippen LogP contribution >= 0.6 is 0 Å². The summed E-state index contributed by atoms with van der Waals surface area (Å²) < 4.78 is 0. The van der Waals surface area contributed by atoms with E-state index in [-0.39, 0.29) is 24.5 Å². The number of H-pyrrole nitrogens is 1. The van der Waals surface area contributed by atoms with Crippen LogP contribution in [0, 0.1) is 12.8 Å². The predicted molar refractivity (Wildman–Crippen MR) is 106 cm³/mol. The SMILES string of the molecule is CCN(CC)C(=O)C1C=C(c2cccc3c(C)c[nH]c23)C(CO)N(C)C1. The van der Waals surface area contributed by atoms with E-state index < -0.39 is 0 Å². The van der Waals surface area contributed by atoms with Crippen LogP contribution in [-0.2, 0) is 4.79 Å². The van der Waals surface area contributed by atoms with Crippen LogP contribution in [0.5, 0.6) is 0 Å². The molecule has 0 fully saturated rings. The van der Waals surface area contributed by atoms with E-state index in [2.05, 4.69) is 35.0 Å². The van der Waals surface area contributed by atoms with E-state index in [9.17, 15) is 9.90 Å². The number of amides is 1. The van der Waals surface area contributed by atoms with E-state index >= 15 is 0 Å². The monoisotopic (exact) mass is 355 g/mol. The summed E-state index contributed by atoms with van der Waals surface area (Å²) in [5.41, 5.74) is 4.36. The number of aliphatic hydroxyl groups is 1. The van der Waals surface area contributed by atoms with Crippen molar-refractivity contribution in [1.82, 2.24) is 14.8 Å². The first kappa shape index (κ1) is 18.7. The van der Waals surface area contributed by atoms with Gasteiger partial charge in [-0.15, -0.1) is 0 Å². The van der Waals surface area contributed by atoms with Crippen molar-refractivity contribution in [2.24, 2.45) is 5.92 Å². The molecule has 5 nitrogen and oxygen atoms in total. The van der Waals surface area contributed by atoms with Crippen molar-refractivity contribution in [1.29, 1.82) is 0 Å². The molecule has 5 heteroatoms. The highest BCUT2D eigenvalue weighted by molar-refractivity contribution is 5.95. The minimum atomic E-state index is -0.191. The number of aryl methyl sites for hydroxylation is 1. The number of nitrogens with zero attached hydrogens (tertiary/aromatic N) is 2. The van der Waals surface area contributed by atoms with Crippen LogP contribution in [0.15, 0.2) is 30.5 Å². The number of aromatic amines is 1. The number of hydrogen-bond donors (Lipinski definition) is 2. The average Bonchev–Trinajstić information content (AvgIpc) is 3.03. The molecule has 0 saturated carbocycles. The minimum Gasteiger partial charge on any atom is -0.394 e. The standard InChI is InChI=1S/C21H29N3O2/c1-5-24(6-2)21(26)15-10-18(19(13-25)23(4)12-15)17-9-7-8-16-14(3)11-22-20(16)17/h7-11,15,19,22,25H,5-6,12-13H2,1-4H3. The fourth-order valence-electron chi connectivity index (χ4n) is 4.02. The summed E-state index contributed by atoms with van der Waals surface area (Å²) in [7, 11) is 1.98. The molecule has 2 N–H and O–H groups in total. The highest BCUT2D eigenvalue weighted by atomic mass is 16.3. The zero-order valence-corrected chi connectivity index (χ0v) is 16.1. The Kier molecular flexibility index (Phi) is 5.49. The summed E-state index contributed by atoms with van der Waals surface area (Å²) in [4.78, 5) is 20.3. The van der Waals surface area contributed by atoms with Gasteiger partial charge in [-0.05, 0) is 39.0 Å². The second-order valence-corrected chi connectivity index (χ2v) is 7.08. The Hall–Kier alpha value is -2.11. The maximum absolute atomic E-state index is 12.9. The third-order valence-corrected chi connectivity index (χ3v) is 5.56. The molecule has 2 atom stereocenters. The number of nitrogens with one attached hydrogen (secondary N) is 1. The van der Waals surface area contributed by atoms with Gasteiger partial charge in [-0.2, -0.15) is 0 Å². The van der Waals surface area contributed by atoms with Crippen LogP contribution < -0.4 is 0 Å². The quantitative estimate of drug-likeness (QED) is 0.867. The summed E-state index contributed by atoms with van der Waals surface area (Å²) >= 11 is 0. The maximum atomic E-state index is 12.9. The Morgan fingerprint density at radius 1 is 1.35 bits per heavy atom. The molecule has 1 aliphatic heterocycles. The molecule has 0 spiro atoms. The van der Waals surface area contributed by atoms with Crippen LogP contribution in [0.2, 0.25) is 0 Å². The average molecular weight is 355 g/mol. The zero-order chi connectivity index (χ0) is 18.8. The van der Waals surface area contributed by atoms with Gasteiger partial charge in [0, 0.05) is 36.8 Å². The number of carbonyl (C=O) groups is 1. The molecule has 0 aliphatic carbocycles. The molecule has 1 amide bonds. The lowest BCUT2D eigenvalue weighted by Crippen LogP contribution is -2.47. The minimum absolute atomic E-state index is 0.0323. The van der Waals surface area contributed by atoms with Gasteiger partial charge in [-0.25, -0.2) is 0 Å². The van der Waals surface area contributed by atoms with Gasteiger partial charge in [-0.1, -0.05) is 24.3 Å². The van der Waals surface area contributed by atoms with Crippen molar-refractivity contribution in [3.8, 4) is 0 Å². The Bertz CT molecular complexity index is 820. The fourth-order valence-corrected chi connectivity index (χ4v) is 4.02. The zero-order valence-electron chi connectivity index (χ0n) is 16.1. The number of aliphatic hydroxyl groups excluding tert-OH is 1. The van der Waals surface area contributed by atoms with Gasteiger partial charge in [0.2, 0.25) is 5.91 Å². The van der Waals surface area contributed by atoms with E-state index in [4.69, 9.17) is 0 Å². The van der Waals surface area contributed by atoms with Gasteiger partial charge in [0.25, 0.3) is 0 Å². The molecule has 26 heavy (non-hydrogen) atoms. The van der Waals surface area contributed by atoms with Crippen LogP contribution in [0.4, 0.5) is 0 Å². The summed E-state index contributed by atoms with van der Waals surface area (Å²) in [6, 6.07) is 6.11. The molecule has 140 valence electrons. The number of aromatic nitrogens is 1. The maximum Gasteiger partial charge on any atom is 0.230 e. The van der Waals surface area contributed by atoms with Gasteiger partial charge in [0.05, 0.1) is 24.1 Å². The van der Waals surface area contributed by atoms with E-state index in [1.807, 2.05) is 38.1 Å². The number of benzene rings is 1. The molecule has 1 aromatic heterocycles. The first-order valence-electron chi connectivity index (χ1n) is 9.40. The van der Waals surface area contributed by atoms with Crippen molar-refractivity contribution < 1.29 is 9.90 Å². The molecular weight excluding hydrogens is 326 g/mol. The molecule has 0 bridgehead atoms. The predicted octanol–water partition coefficient (Wildman–Crippen LogP) is 2.65. The first-order valence-corrected chi connectivity index (χ1v) is 9.40. The number of carbonyl (C=O) groups excluding carboxylic acids is 1. The van der Waals surface area contributed by atoms with E-state index in [0.29, 0.717) is 19.6 Å². The highest BCUT2D eigenvalue weighted by Gasteiger charge is 2.33. The third-order valence-electron chi connectivity index (χ3n) is 5.56. The smallest absolute Gasteiger partial charge is 0.230 e. The Labute approximate surface area is 155 Å². The second kappa shape index (κ2) is 7.64. The summed E-state index contributed by atoms with van der Waals surface area (Å²) in [6.07, 6.45) is 4.08. The van der Waals surface area contributed by atoms with E-state index in [1.165, 1.54) is 10.9 Å². The van der Waals surface area contributed by atoms with Crippen LogP contribution in [0.1, 0.15) is 25.0 Å². The van der Waals surface area contributed by atoms with Crippen molar-refractivity contribution >= 4 is 22.4 Å². The van der Waals surface area contributed by atoms with Gasteiger partial charge < -0.3 is 15.0 Å². The number of likely N-dealkylation sites (N-methyl/N-ethyl adjacent to an activating group) is 1. The molecule has 2 aromatic rings. The third kappa shape index (κ3) is 3.17. The molecule has 0 radical (unpaired) electrons. The molecule has 1 aromatic carbocycles. The van der Waals surface area contributed by atoms with Crippen LogP contribution in [-0.4, -0.2) is 65.1 Å². The lowest BCUT2D eigenvalue weighted by Gasteiger charge is -2.37. The first-order chi connectivity index (χ1) is 12.5. The van der Waals surface area contributed by atoms with Crippen molar-refractivity contribution in [3.05, 3.63) is 41.6 Å². The summed E-state index contributed by atoms with van der Waals surface area (Å²) in [5, 5.41) is 11.2. The number of fused-ring (bicyclic) bond motifs is 1. The van der Waals surface area contributed by atoms with Crippen molar-refractivity contribution in [2.45, 2.75) is 26.8 Å².